The lowest BCUT2D eigenvalue weighted by molar-refractivity contribution is 0.0378. The highest BCUT2D eigenvalue weighted by molar-refractivity contribution is 14.0. The van der Waals surface area contributed by atoms with Crippen molar-refractivity contribution in [3.63, 3.8) is 0 Å². The first-order chi connectivity index (χ1) is 14.4. The molecule has 1 heterocycles. The highest BCUT2D eigenvalue weighted by Crippen LogP contribution is 2.21. The van der Waals surface area contributed by atoms with E-state index in [1.807, 2.05) is 44.2 Å². The van der Waals surface area contributed by atoms with Gasteiger partial charge in [0.05, 0.1) is 13.1 Å². The summed E-state index contributed by atoms with van der Waals surface area (Å²) in [6, 6.07) is 11.1. The SMILES string of the molecule is CCCCNC(=O)c1ccc(CN=C(NCC)NCC(C)(O)c2ccc(C)o2)cc1.I. The topological polar surface area (TPSA) is 98.9 Å². The fraction of sp³-hybridized carbons (Fsp3) is 0.478. The summed E-state index contributed by atoms with van der Waals surface area (Å²) in [5, 5.41) is 19.9. The summed E-state index contributed by atoms with van der Waals surface area (Å²) in [6.45, 7) is 9.72. The monoisotopic (exact) mass is 542 g/mol. The van der Waals surface area contributed by atoms with E-state index in [9.17, 15) is 9.90 Å². The Balaban J connectivity index is 0.00000480. The van der Waals surface area contributed by atoms with Crippen LogP contribution in [0.1, 0.15) is 61.1 Å². The molecule has 0 spiro atoms. The lowest BCUT2D eigenvalue weighted by Crippen LogP contribution is -2.44. The molecule has 31 heavy (non-hydrogen) atoms. The highest BCUT2D eigenvalue weighted by atomic mass is 127. The van der Waals surface area contributed by atoms with Crippen LogP contribution in [0, 0.1) is 6.92 Å². The standard InChI is InChI=1S/C23H34N4O3.HI/c1-5-7-14-25-21(28)19-11-9-18(10-12-19)15-26-22(24-6-2)27-16-23(4,29)20-13-8-17(3)30-20;/h8-13,29H,5-7,14-16H2,1-4H3,(H,25,28)(H2,24,26,27);1H. The van der Waals surface area contributed by atoms with E-state index in [2.05, 4.69) is 27.9 Å². The zero-order valence-corrected chi connectivity index (χ0v) is 21.2. The lowest BCUT2D eigenvalue weighted by Gasteiger charge is -2.22. The summed E-state index contributed by atoms with van der Waals surface area (Å²) >= 11 is 0. The molecular weight excluding hydrogens is 507 g/mol. The normalized spacial score (nSPS) is 13.1. The van der Waals surface area contributed by atoms with Crippen molar-refractivity contribution in [2.24, 2.45) is 4.99 Å². The molecule has 1 aromatic carbocycles. The van der Waals surface area contributed by atoms with Gasteiger partial charge in [0.15, 0.2) is 5.96 Å². The number of carbonyl (C=O) groups is 1. The summed E-state index contributed by atoms with van der Waals surface area (Å²) in [7, 11) is 0. The molecule has 1 amide bonds. The molecule has 8 heteroatoms. The number of rotatable bonds is 10. The number of benzene rings is 1. The largest absolute Gasteiger partial charge is 0.463 e. The molecule has 0 aliphatic carbocycles. The summed E-state index contributed by atoms with van der Waals surface area (Å²) in [6.07, 6.45) is 2.03. The van der Waals surface area contributed by atoms with Gasteiger partial charge in [-0.15, -0.1) is 24.0 Å². The van der Waals surface area contributed by atoms with E-state index in [0.717, 1.165) is 24.2 Å². The molecule has 0 saturated heterocycles. The Morgan fingerprint density at radius 1 is 1.10 bits per heavy atom. The molecule has 0 aliphatic rings. The summed E-state index contributed by atoms with van der Waals surface area (Å²) < 4.78 is 5.55. The average molecular weight is 542 g/mol. The summed E-state index contributed by atoms with van der Waals surface area (Å²) in [4.78, 5) is 16.7. The van der Waals surface area contributed by atoms with Crippen molar-refractivity contribution in [3.8, 4) is 0 Å². The first-order valence-corrected chi connectivity index (χ1v) is 10.5. The predicted octanol–water partition coefficient (Wildman–Crippen LogP) is 3.70. The first kappa shape index (κ1) is 27.0. The second-order valence-corrected chi connectivity index (χ2v) is 7.54. The van der Waals surface area contributed by atoms with E-state index in [4.69, 9.17) is 4.42 Å². The highest BCUT2D eigenvalue weighted by Gasteiger charge is 2.27. The van der Waals surface area contributed by atoms with Crippen LogP contribution in [0.25, 0.3) is 0 Å². The van der Waals surface area contributed by atoms with Gasteiger partial charge < -0.3 is 25.5 Å². The van der Waals surface area contributed by atoms with E-state index in [1.54, 1.807) is 13.0 Å². The lowest BCUT2D eigenvalue weighted by atomic mass is 10.0. The van der Waals surface area contributed by atoms with E-state index in [0.29, 0.717) is 36.9 Å². The van der Waals surface area contributed by atoms with Gasteiger partial charge in [-0.2, -0.15) is 0 Å². The van der Waals surface area contributed by atoms with Crippen molar-refractivity contribution < 1.29 is 14.3 Å². The average Bonchev–Trinajstić information content (AvgIpc) is 3.18. The third-order valence-electron chi connectivity index (χ3n) is 4.67. The molecule has 0 fully saturated rings. The number of furan rings is 1. The number of carbonyl (C=O) groups excluding carboxylic acids is 1. The van der Waals surface area contributed by atoms with E-state index >= 15 is 0 Å². The van der Waals surface area contributed by atoms with E-state index in [-0.39, 0.29) is 36.4 Å². The van der Waals surface area contributed by atoms with Crippen LogP contribution in [0.15, 0.2) is 45.8 Å². The van der Waals surface area contributed by atoms with Crippen LogP contribution in [-0.4, -0.2) is 36.6 Å². The zero-order chi connectivity index (χ0) is 22.0. The molecule has 2 rings (SSSR count). The van der Waals surface area contributed by atoms with Crippen molar-refractivity contribution in [2.75, 3.05) is 19.6 Å². The molecule has 0 bridgehead atoms. The Kier molecular flexibility index (Phi) is 11.6. The number of aliphatic hydroxyl groups is 1. The number of aryl methyl sites for hydroxylation is 1. The summed E-state index contributed by atoms with van der Waals surface area (Å²) in [5.74, 6) is 1.82. The molecule has 4 N–H and O–H groups in total. The first-order valence-electron chi connectivity index (χ1n) is 10.5. The number of amides is 1. The fourth-order valence-corrected chi connectivity index (χ4v) is 2.82. The molecule has 1 unspecified atom stereocenters. The molecule has 1 atom stereocenters. The van der Waals surface area contributed by atoms with E-state index < -0.39 is 5.60 Å². The molecule has 0 saturated carbocycles. The number of unbranched alkanes of at least 4 members (excludes halogenated alkanes) is 1. The molecule has 0 radical (unpaired) electrons. The van der Waals surface area contributed by atoms with Crippen LogP contribution in [0.4, 0.5) is 0 Å². The van der Waals surface area contributed by atoms with Crippen LogP contribution in [0.5, 0.6) is 0 Å². The zero-order valence-electron chi connectivity index (χ0n) is 18.8. The molecular formula is C23H35IN4O3. The van der Waals surface area contributed by atoms with Crippen molar-refractivity contribution in [3.05, 3.63) is 59.0 Å². The van der Waals surface area contributed by atoms with Gasteiger partial charge >= 0.3 is 0 Å². The Morgan fingerprint density at radius 2 is 1.81 bits per heavy atom. The van der Waals surface area contributed by atoms with Crippen molar-refractivity contribution in [1.82, 2.24) is 16.0 Å². The molecule has 7 nitrogen and oxygen atoms in total. The molecule has 1 aromatic heterocycles. The Bertz CT molecular complexity index is 832. The molecule has 172 valence electrons. The van der Waals surface area contributed by atoms with Gasteiger partial charge in [0, 0.05) is 18.7 Å². The molecule has 2 aromatic rings. The van der Waals surface area contributed by atoms with Crippen molar-refractivity contribution in [1.29, 1.82) is 0 Å². The van der Waals surface area contributed by atoms with Crippen LogP contribution in [0.2, 0.25) is 0 Å². The maximum absolute atomic E-state index is 12.1. The maximum Gasteiger partial charge on any atom is 0.251 e. The Labute approximate surface area is 202 Å². The van der Waals surface area contributed by atoms with Gasteiger partial charge in [-0.25, -0.2) is 4.99 Å². The van der Waals surface area contributed by atoms with Gasteiger partial charge in [-0.3, -0.25) is 4.79 Å². The second-order valence-electron chi connectivity index (χ2n) is 7.54. The quantitative estimate of drug-likeness (QED) is 0.159. The van der Waals surface area contributed by atoms with Crippen molar-refractivity contribution in [2.45, 2.75) is 52.7 Å². The third-order valence-corrected chi connectivity index (χ3v) is 4.67. The summed E-state index contributed by atoms with van der Waals surface area (Å²) in [5.41, 5.74) is 0.483. The minimum atomic E-state index is -1.16. The van der Waals surface area contributed by atoms with Gasteiger partial charge in [0.2, 0.25) is 0 Å². The maximum atomic E-state index is 12.1. The minimum absolute atomic E-state index is 0. The number of aliphatic imine (C=N–C) groups is 1. The van der Waals surface area contributed by atoms with Gasteiger partial charge in [-0.1, -0.05) is 25.5 Å². The van der Waals surface area contributed by atoms with Gasteiger partial charge in [0.1, 0.15) is 17.1 Å². The third kappa shape index (κ3) is 8.90. The minimum Gasteiger partial charge on any atom is -0.463 e. The smallest absolute Gasteiger partial charge is 0.251 e. The number of halogens is 1. The number of nitrogens with one attached hydrogen (secondary N) is 3. The van der Waals surface area contributed by atoms with Gasteiger partial charge in [-0.05, 0) is 57.0 Å². The van der Waals surface area contributed by atoms with Crippen LogP contribution >= 0.6 is 24.0 Å². The van der Waals surface area contributed by atoms with E-state index in [1.165, 1.54) is 0 Å². The Hall–Kier alpha value is -2.07. The van der Waals surface area contributed by atoms with Crippen LogP contribution < -0.4 is 16.0 Å². The van der Waals surface area contributed by atoms with Crippen molar-refractivity contribution >= 4 is 35.8 Å². The molecule has 0 aliphatic heterocycles. The number of guanidine groups is 1. The fourth-order valence-electron chi connectivity index (χ4n) is 2.82. The van der Waals surface area contributed by atoms with Crippen LogP contribution in [-0.2, 0) is 12.1 Å². The Morgan fingerprint density at radius 3 is 2.39 bits per heavy atom. The van der Waals surface area contributed by atoms with Crippen LogP contribution in [0.3, 0.4) is 0 Å². The number of hydrogen-bond donors (Lipinski definition) is 4. The number of nitrogens with zero attached hydrogens (tertiary/aromatic N) is 1. The predicted molar refractivity (Wildman–Crippen MR) is 135 cm³/mol. The van der Waals surface area contributed by atoms with Gasteiger partial charge in [0.25, 0.3) is 5.91 Å². The second kappa shape index (κ2) is 13.4. The number of hydrogen-bond acceptors (Lipinski definition) is 4.